The van der Waals surface area contributed by atoms with E-state index >= 15 is 0 Å². The Kier molecular flexibility index (Phi) is 6.04. The van der Waals surface area contributed by atoms with Gasteiger partial charge < -0.3 is 10.1 Å². The predicted octanol–water partition coefficient (Wildman–Crippen LogP) is 4.43. The van der Waals surface area contributed by atoms with Crippen molar-refractivity contribution in [3.05, 3.63) is 82.0 Å². The van der Waals surface area contributed by atoms with Crippen molar-refractivity contribution in [3.63, 3.8) is 0 Å². The van der Waals surface area contributed by atoms with Gasteiger partial charge in [0.1, 0.15) is 5.00 Å². The fraction of sp³-hybridized carbons (Fsp3) is 0.304. The summed E-state index contributed by atoms with van der Waals surface area (Å²) >= 11 is 1.63. The van der Waals surface area contributed by atoms with Crippen LogP contribution in [-0.4, -0.2) is 42.1 Å². The van der Waals surface area contributed by atoms with Crippen LogP contribution in [-0.2, 0) is 4.74 Å². The van der Waals surface area contributed by atoms with Gasteiger partial charge in [0.05, 0.1) is 24.9 Å². The number of pyridine rings is 1. The molecule has 1 fully saturated rings. The second-order valence-electron chi connectivity index (χ2n) is 7.15. The molecular formula is C23H25N3O2S. The van der Waals surface area contributed by atoms with E-state index in [1.807, 2.05) is 48.7 Å². The number of hydrogen-bond acceptors (Lipinski definition) is 5. The number of thiophene rings is 1. The van der Waals surface area contributed by atoms with E-state index < -0.39 is 0 Å². The van der Waals surface area contributed by atoms with Crippen LogP contribution in [0.25, 0.3) is 0 Å². The van der Waals surface area contributed by atoms with Crippen LogP contribution in [0.2, 0.25) is 0 Å². The van der Waals surface area contributed by atoms with Crippen molar-refractivity contribution in [2.45, 2.75) is 19.9 Å². The predicted molar refractivity (Wildman–Crippen MR) is 117 cm³/mol. The maximum absolute atomic E-state index is 12.9. The Morgan fingerprint density at radius 2 is 1.83 bits per heavy atom. The van der Waals surface area contributed by atoms with E-state index in [4.69, 9.17) is 4.74 Å². The highest BCUT2D eigenvalue weighted by Gasteiger charge is 2.31. The van der Waals surface area contributed by atoms with Crippen LogP contribution in [0, 0.1) is 13.8 Å². The van der Waals surface area contributed by atoms with E-state index in [1.54, 1.807) is 11.3 Å². The van der Waals surface area contributed by atoms with Crippen molar-refractivity contribution >= 4 is 22.2 Å². The number of amides is 1. The maximum atomic E-state index is 12.9. The quantitative estimate of drug-likeness (QED) is 0.680. The van der Waals surface area contributed by atoms with Crippen molar-refractivity contribution in [3.8, 4) is 0 Å². The standard InChI is InChI=1S/C23H25N3O2S/c1-16-17(2)29-23(25-22(27)18-8-4-3-5-9-18)20(16)21(19-10-6-7-11-24-19)26-12-14-28-15-13-26/h3-11,21H,12-15H2,1-2H3,(H,25,27). The minimum Gasteiger partial charge on any atom is -0.379 e. The molecule has 1 amide bonds. The van der Waals surface area contributed by atoms with Crippen LogP contribution in [0.4, 0.5) is 5.00 Å². The number of nitrogens with zero attached hydrogens (tertiary/aromatic N) is 2. The van der Waals surface area contributed by atoms with Gasteiger partial charge in [-0.2, -0.15) is 0 Å². The lowest BCUT2D eigenvalue weighted by atomic mass is 9.98. The summed E-state index contributed by atoms with van der Waals surface area (Å²) < 4.78 is 5.58. The average Bonchev–Trinajstić information content (AvgIpc) is 3.04. The summed E-state index contributed by atoms with van der Waals surface area (Å²) in [5, 5.41) is 4.07. The van der Waals surface area contributed by atoms with E-state index in [2.05, 4.69) is 35.1 Å². The second-order valence-corrected chi connectivity index (χ2v) is 8.38. The van der Waals surface area contributed by atoms with Crippen molar-refractivity contribution in [1.29, 1.82) is 0 Å². The molecule has 3 aromatic rings. The van der Waals surface area contributed by atoms with E-state index in [0.717, 1.165) is 29.3 Å². The van der Waals surface area contributed by atoms with Gasteiger partial charge in [0.2, 0.25) is 0 Å². The van der Waals surface area contributed by atoms with Crippen LogP contribution in [0.1, 0.15) is 38.1 Å². The molecule has 1 atom stereocenters. The van der Waals surface area contributed by atoms with Crippen molar-refractivity contribution in [1.82, 2.24) is 9.88 Å². The number of aryl methyl sites for hydroxylation is 1. The number of hydrogen-bond donors (Lipinski definition) is 1. The van der Waals surface area contributed by atoms with Crippen LogP contribution in [0.15, 0.2) is 54.7 Å². The fourth-order valence-corrected chi connectivity index (χ4v) is 4.81. The fourth-order valence-electron chi connectivity index (χ4n) is 3.72. The summed E-state index contributed by atoms with van der Waals surface area (Å²) in [6.45, 7) is 7.32. The molecule has 5 nitrogen and oxygen atoms in total. The van der Waals surface area contributed by atoms with Gasteiger partial charge in [-0.15, -0.1) is 11.3 Å². The van der Waals surface area contributed by atoms with Gasteiger partial charge in [0, 0.05) is 35.3 Å². The third kappa shape index (κ3) is 4.24. The summed E-state index contributed by atoms with van der Waals surface area (Å²) in [6, 6.07) is 15.3. The summed E-state index contributed by atoms with van der Waals surface area (Å²) in [5.74, 6) is -0.0881. The Bertz CT molecular complexity index is 967. The van der Waals surface area contributed by atoms with E-state index in [0.29, 0.717) is 18.8 Å². The molecule has 1 aliphatic rings. The molecule has 0 radical (unpaired) electrons. The van der Waals surface area contributed by atoms with Crippen LogP contribution in [0.5, 0.6) is 0 Å². The Morgan fingerprint density at radius 3 is 2.52 bits per heavy atom. The number of aromatic nitrogens is 1. The number of ether oxygens (including phenoxy) is 1. The minimum atomic E-state index is -0.0881. The number of carbonyl (C=O) groups is 1. The van der Waals surface area contributed by atoms with Crippen molar-refractivity contribution in [2.75, 3.05) is 31.6 Å². The summed E-state index contributed by atoms with van der Waals surface area (Å²) in [5.41, 5.74) is 3.99. The minimum absolute atomic E-state index is 0.0175. The SMILES string of the molecule is Cc1sc(NC(=O)c2ccccc2)c(C(c2ccccn2)N2CCOCC2)c1C. The molecule has 1 saturated heterocycles. The summed E-state index contributed by atoms with van der Waals surface area (Å²) in [4.78, 5) is 21.1. The van der Waals surface area contributed by atoms with Gasteiger partial charge in [-0.25, -0.2) is 0 Å². The molecule has 4 rings (SSSR count). The molecule has 1 N–H and O–H groups in total. The summed E-state index contributed by atoms with van der Waals surface area (Å²) in [6.07, 6.45) is 1.83. The Morgan fingerprint density at radius 1 is 1.10 bits per heavy atom. The van der Waals surface area contributed by atoms with Crippen molar-refractivity contribution < 1.29 is 9.53 Å². The van der Waals surface area contributed by atoms with E-state index in [-0.39, 0.29) is 11.9 Å². The largest absolute Gasteiger partial charge is 0.379 e. The lowest BCUT2D eigenvalue weighted by Crippen LogP contribution is -2.40. The number of nitrogens with one attached hydrogen (secondary N) is 1. The van der Waals surface area contributed by atoms with Crippen molar-refractivity contribution in [2.24, 2.45) is 0 Å². The van der Waals surface area contributed by atoms with Gasteiger partial charge in [-0.05, 0) is 43.7 Å². The first-order valence-corrected chi connectivity index (χ1v) is 10.7. The molecule has 6 heteroatoms. The molecule has 1 aromatic carbocycles. The van der Waals surface area contributed by atoms with Crippen LogP contribution in [0.3, 0.4) is 0 Å². The maximum Gasteiger partial charge on any atom is 0.256 e. The molecule has 0 spiro atoms. The van der Waals surface area contributed by atoms with Gasteiger partial charge in [0.15, 0.2) is 0 Å². The number of anilines is 1. The molecule has 29 heavy (non-hydrogen) atoms. The Labute approximate surface area is 175 Å². The van der Waals surface area contributed by atoms with Crippen LogP contribution >= 0.6 is 11.3 Å². The van der Waals surface area contributed by atoms with Gasteiger partial charge in [-0.3, -0.25) is 14.7 Å². The third-order valence-electron chi connectivity index (χ3n) is 5.35. The first-order valence-electron chi connectivity index (χ1n) is 9.84. The van der Waals surface area contributed by atoms with Gasteiger partial charge in [0.25, 0.3) is 5.91 Å². The first kappa shape index (κ1) is 19.8. The highest BCUT2D eigenvalue weighted by molar-refractivity contribution is 7.16. The van der Waals surface area contributed by atoms with E-state index in [1.165, 1.54) is 10.4 Å². The molecule has 150 valence electrons. The summed E-state index contributed by atoms with van der Waals surface area (Å²) in [7, 11) is 0. The van der Waals surface area contributed by atoms with Gasteiger partial charge in [-0.1, -0.05) is 24.3 Å². The molecule has 0 saturated carbocycles. The second kappa shape index (κ2) is 8.86. The van der Waals surface area contributed by atoms with Gasteiger partial charge >= 0.3 is 0 Å². The van der Waals surface area contributed by atoms with E-state index in [9.17, 15) is 4.79 Å². The lowest BCUT2D eigenvalue weighted by molar-refractivity contribution is 0.0233. The molecule has 3 heterocycles. The average molecular weight is 408 g/mol. The Hall–Kier alpha value is -2.54. The zero-order valence-corrected chi connectivity index (χ0v) is 17.5. The highest BCUT2D eigenvalue weighted by Crippen LogP contribution is 2.42. The zero-order chi connectivity index (χ0) is 20.2. The number of morpholine rings is 1. The third-order valence-corrected chi connectivity index (χ3v) is 6.49. The molecule has 0 bridgehead atoms. The molecule has 0 aliphatic carbocycles. The lowest BCUT2D eigenvalue weighted by Gasteiger charge is -2.35. The number of rotatable bonds is 5. The number of carbonyl (C=O) groups excluding carboxylic acids is 1. The smallest absolute Gasteiger partial charge is 0.256 e. The normalized spacial score (nSPS) is 15.8. The zero-order valence-electron chi connectivity index (χ0n) is 16.7. The Balaban J connectivity index is 1.75. The molecule has 2 aromatic heterocycles. The highest BCUT2D eigenvalue weighted by atomic mass is 32.1. The monoisotopic (exact) mass is 407 g/mol. The molecular weight excluding hydrogens is 382 g/mol. The first-order chi connectivity index (χ1) is 14.1. The topological polar surface area (TPSA) is 54.5 Å². The van der Waals surface area contributed by atoms with Crippen LogP contribution < -0.4 is 5.32 Å². The number of benzene rings is 1. The molecule has 1 unspecified atom stereocenters. The molecule has 1 aliphatic heterocycles.